The molecule has 1 aromatic carbocycles. The zero-order valence-electron chi connectivity index (χ0n) is 16.7. The van der Waals surface area contributed by atoms with Crippen molar-refractivity contribution in [2.75, 3.05) is 19.7 Å². The molecule has 3 atom stereocenters. The third kappa shape index (κ3) is 2.70. The first kappa shape index (κ1) is 18.2. The number of primary amides is 1. The van der Waals surface area contributed by atoms with Gasteiger partial charge in [-0.15, -0.1) is 0 Å². The number of benzene rings is 1. The SMILES string of the molecule is CCOc1c(C(N)=O)ccc2c1[C@]13CCN(CC4CC4)[C@H](C2)C1CCC(=O)C3. The standard InChI is InChI=1S/C23H30N2O3/c1-2-28-21-17(22(24)27)7-5-15-11-19-18-8-6-16(26)12-23(18,20(15)21)9-10-25(19)13-14-3-4-14/h5,7,14,18-19H,2-4,6,8-13H2,1H3,(H2,24,27)/t18?,19-,23+/m1/s1. The Hall–Kier alpha value is -1.88. The Morgan fingerprint density at radius 1 is 1.32 bits per heavy atom. The van der Waals surface area contributed by atoms with E-state index in [9.17, 15) is 9.59 Å². The van der Waals surface area contributed by atoms with Gasteiger partial charge in [0.05, 0.1) is 12.2 Å². The molecular weight excluding hydrogens is 352 g/mol. The fraction of sp³-hybridized carbons (Fsp3) is 0.652. The van der Waals surface area contributed by atoms with Crippen molar-refractivity contribution in [2.45, 2.75) is 63.3 Å². The zero-order chi connectivity index (χ0) is 19.5. The van der Waals surface area contributed by atoms with Crippen LogP contribution >= 0.6 is 0 Å². The van der Waals surface area contributed by atoms with Crippen molar-refractivity contribution in [3.05, 3.63) is 28.8 Å². The molecule has 2 N–H and O–H groups in total. The second-order valence-electron chi connectivity index (χ2n) is 9.25. The van der Waals surface area contributed by atoms with Gasteiger partial charge in [0.1, 0.15) is 11.5 Å². The predicted molar refractivity (Wildman–Crippen MR) is 107 cm³/mol. The molecule has 1 unspecified atom stereocenters. The summed E-state index contributed by atoms with van der Waals surface area (Å²) in [5.41, 5.74) is 8.35. The summed E-state index contributed by atoms with van der Waals surface area (Å²) < 4.78 is 6.04. The Balaban J connectivity index is 1.66. The lowest BCUT2D eigenvalue weighted by molar-refractivity contribution is -0.127. The number of carbonyl (C=O) groups is 2. The molecule has 150 valence electrons. The molecule has 4 aliphatic rings. The molecule has 5 nitrogen and oxygen atoms in total. The summed E-state index contributed by atoms with van der Waals surface area (Å²) in [5.74, 6) is 1.89. The van der Waals surface area contributed by atoms with Gasteiger partial charge in [0.15, 0.2) is 0 Å². The molecule has 5 heteroatoms. The van der Waals surface area contributed by atoms with E-state index in [0.29, 0.717) is 48.5 Å². The Labute approximate surface area is 166 Å². The van der Waals surface area contributed by atoms with E-state index in [0.717, 1.165) is 37.3 Å². The molecule has 0 spiro atoms. The Kier molecular flexibility index (Phi) is 4.27. The highest BCUT2D eigenvalue weighted by Gasteiger charge is 2.57. The zero-order valence-corrected chi connectivity index (χ0v) is 16.7. The number of hydrogen-bond acceptors (Lipinski definition) is 4. The van der Waals surface area contributed by atoms with E-state index in [1.165, 1.54) is 24.9 Å². The van der Waals surface area contributed by atoms with Crippen molar-refractivity contribution in [1.29, 1.82) is 0 Å². The van der Waals surface area contributed by atoms with Crippen LogP contribution in [0, 0.1) is 11.8 Å². The van der Waals surface area contributed by atoms with Crippen LogP contribution in [-0.4, -0.2) is 42.3 Å². The average Bonchev–Trinajstić information content (AvgIpc) is 3.47. The predicted octanol–water partition coefficient (Wildman–Crippen LogP) is 2.83. The Morgan fingerprint density at radius 2 is 2.14 bits per heavy atom. The number of ketones is 1. The fourth-order valence-electron chi connectivity index (χ4n) is 6.34. The van der Waals surface area contributed by atoms with Gasteiger partial charge in [-0.3, -0.25) is 14.5 Å². The third-order valence-electron chi connectivity index (χ3n) is 7.65. The summed E-state index contributed by atoms with van der Waals surface area (Å²) in [5, 5.41) is 0. The van der Waals surface area contributed by atoms with E-state index < -0.39 is 5.91 Å². The van der Waals surface area contributed by atoms with Crippen LogP contribution in [0.5, 0.6) is 5.75 Å². The van der Waals surface area contributed by atoms with Crippen LogP contribution < -0.4 is 10.5 Å². The number of ether oxygens (including phenoxy) is 1. The fourth-order valence-corrected chi connectivity index (χ4v) is 6.34. The second-order valence-corrected chi connectivity index (χ2v) is 9.25. The largest absolute Gasteiger partial charge is 0.493 e. The van der Waals surface area contributed by atoms with Gasteiger partial charge in [-0.25, -0.2) is 0 Å². The first-order chi connectivity index (χ1) is 13.5. The number of hydrogen-bond donors (Lipinski definition) is 1. The highest BCUT2D eigenvalue weighted by atomic mass is 16.5. The van der Waals surface area contributed by atoms with Crippen molar-refractivity contribution in [3.8, 4) is 5.75 Å². The molecule has 0 radical (unpaired) electrons. The molecule has 1 aromatic rings. The Morgan fingerprint density at radius 3 is 2.86 bits per heavy atom. The van der Waals surface area contributed by atoms with E-state index in [2.05, 4.69) is 11.0 Å². The van der Waals surface area contributed by atoms with Crippen LogP contribution in [0.3, 0.4) is 0 Å². The molecule has 3 fully saturated rings. The Bertz CT molecular complexity index is 831. The van der Waals surface area contributed by atoms with E-state index in [1.807, 2.05) is 13.0 Å². The molecular formula is C23H30N2O3. The van der Waals surface area contributed by atoms with Gasteiger partial charge in [0.2, 0.25) is 0 Å². The summed E-state index contributed by atoms with van der Waals surface area (Å²) in [7, 11) is 0. The number of nitrogens with zero attached hydrogens (tertiary/aromatic N) is 1. The first-order valence-electron chi connectivity index (χ1n) is 10.9. The van der Waals surface area contributed by atoms with Crippen molar-refractivity contribution < 1.29 is 14.3 Å². The van der Waals surface area contributed by atoms with Crippen LogP contribution in [0.25, 0.3) is 0 Å². The molecule has 3 aliphatic carbocycles. The highest BCUT2D eigenvalue weighted by Crippen LogP contribution is 2.58. The molecule has 1 amide bonds. The van der Waals surface area contributed by atoms with E-state index in [4.69, 9.17) is 10.5 Å². The molecule has 2 bridgehead atoms. The monoisotopic (exact) mass is 382 g/mol. The average molecular weight is 383 g/mol. The number of carbonyl (C=O) groups excluding carboxylic acids is 2. The maximum absolute atomic E-state index is 12.6. The van der Waals surface area contributed by atoms with Crippen molar-refractivity contribution in [2.24, 2.45) is 17.6 Å². The molecule has 0 aromatic heterocycles. The lowest BCUT2D eigenvalue weighted by atomic mass is 9.51. The first-order valence-corrected chi connectivity index (χ1v) is 10.9. The molecule has 1 saturated heterocycles. The summed E-state index contributed by atoms with van der Waals surface area (Å²) in [6, 6.07) is 4.40. The van der Waals surface area contributed by atoms with Gasteiger partial charge < -0.3 is 10.5 Å². The van der Waals surface area contributed by atoms with Crippen LogP contribution in [0.15, 0.2) is 12.1 Å². The van der Waals surface area contributed by atoms with Gasteiger partial charge in [-0.05, 0) is 69.0 Å². The topological polar surface area (TPSA) is 72.6 Å². The minimum atomic E-state index is -0.449. The minimum Gasteiger partial charge on any atom is -0.493 e. The molecule has 5 rings (SSSR count). The van der Waals surface area contributed by atoms with Crippen LogP contribution in [0.1, 0.15) is 66.9 Å². The van der Waals surface area contributed by atoms with Crippen LogP contribution in [-0.2, 0) is 16.6 Å². The van der Waals surface area contributed by atoms with Crippen molar-refractivity contribution >= 4 is 11.7 Å². The number of Topliss-reactive ketones (excluding diaryl/α,β-unsaturated/α-hetero) is 1. The molecule has 2 saturated carbocycles. The maximum atomic E-state index is 12.6. The number of likely N-dealkylation sites (tertiary alicyclic amines) is 1. The number of amides is 1. The summed E-state index contributed by atoms with van der Waals surface area (Å²) in [4.78, 5) is 27.5. The van der Waals surface area contributed by atoms with Gasteiger partial charge in [0.25, 0.3) is 5.91 Å². The second kappa shape index (κ2) is 6.58. The summed E-state index contributed by atoms with van der Waals surface area (Å²) >= 11 is 0. The maximum Gasteiger partial charge on any atom is 0.252 e. The third-order valence-corrected chi connectivity index (χ3v) is 7.65. The van der Waals surface area contributed by atoms with Gasteiger partial charge in [-0.1, -0.05) is 6.07 Å². The van der Waals surface area contributed by atoms with E-state index >= 15 is 0 Å². The van der Waals surface area contributed by atoms with Gasteiger partial charge >= 0.3 is 0 Å². The van der Waals surface area contributed by atoms with E-state index in [-0.39, 0.29) is 5.41 Å². The molecule has 28 heavy (non-hydrogen) atoms. The van der Waals surface area contributed by atoms with Gasteiger partial charge in [0, 0.05) is 36.4 Å². The summed E-state index contributed by atoms with van der Waals surface area (Å²) in [6.07, 6.45) is 6.92. The smallest absolute Gasteiger partial charge is 0.252 e. The normalized spacial score (nSPS) is 31.8. The van der Waals surface area contributed by atoms with Crippen LogP contribution in [0.2, 0.25) is 0 Å². The number of piperidine rings is 1. The summed E-state index contributed by atoms with van der Waals surface area (Å²) in [6.45, 7) is 4.67. The van der Waals surface area contributed by atoms with Crippen molar-refractivity contribution in [3.63, 3.8) is 0 Å². The highest BCUT2D eigenvalue weighted by molar-refractivity contribution is 5.96. The quantitative estimate of drug-likeness (QED) is 0.850. The minimum absolute atomic E-state index is 0.191. The number of rotatable bonds is 5. The lowest BCUT2D eigenvalue weighted by Crippen LogP contribution is -2.62. The molecule has 1 heterocycles. The van der Waals surface area contributed by atoms with Crippen LogP contribution in [0.4, 0.5) is 0 Å². The molecule has 1 aliphatic heterocycles. The van der Waals surface area contributed by atoms with E-state index in [1.54, 1.807) is 0 Å². The van der Waals surface area contributed by atoms with Gasteiger partial charge in [-0.2, -0.15) is 0 Å². The number of fused-ring (bicyclic) bond motifs is 1. The van der Waals surface area contributed by atoms with Crippen molar-refractivity contribution in [1.82, 2.24) is 4.90 Å². The lowest BCUT2D eigenvalue weighted by Gasteiger charge is -2.59. The number of nitrogens with two attached hydrogens (primary N) is 1.